The smallest absolute Gasteiger partial charge is 0.227 e. The molecule has 86 valence electrons. The Kier molecular flexibility index (Phi) is 3.72. The van der Waals surface area contributed by atoms with Crippen LogP contribution in [0.3, 0.4) is 0 Å². The second-order valence-electron chi connectivity index (χ2n) is 3.15. The quantitative estimate of drug-likeness (QED) is 0.615. The summed E-state index contributed by atoms with van der Waals surface area (Å²) in [6.45, 7) is 0. The molecule has 0 spiro atoms. The lowest BCUT2D eigenvalue weighted by atomic mass is 10.2. The highest BCUT2D eigenvalue weighted by molar-refractivity contribution is 8.14. The highest BCUT2D eigenvalue weighted by Crippen LogP contribution is 2.20. The molecule has 0 N–H and O–H groups in total. The molecule has 4 nitrogen and oxygen atoms in total. The standard InChI is InChI=1S/C12H10N2O2S/c1-16-10-5-3-9(4-6-10)11(15)17-12-13-7-2-8-14-12/h2-8H,1H3. The molecule has 0 aliphatic rings. The maximum absolute atomic E-state index is 11.9. The van der Waals surface area contributed by atoms with Crippen molar-refractivity contribution in [3.8, 4) is 5.75 Å². The zero-order valence-corrected chi connectivity index (χ0v) is 9.98. The highest BCUT2D eigenvalue weighted by atomic mass is 32.2. The third-order valence-corrected chi connectivity index (χ3v) is 2.87. The van der Waals surface area contributed by atoms with E-state index in [-0.39, 0.29) is 5.12 Å². The first kappa shape index (κ1) is 11.6. The Hall–Kier alpha value is -1.88. The fraction of sp³-hybridized carbons (Fsp3) is 0.0833. The van der Waals surface area contributed by atoms with Gasteiger partial charge in [0.2, 0.25) is 5.12 Å². The number of aromatic nitrogens is 2. The molecular weight excluding hydrogens is 236 g/mol. The van der Waals surface area contributed by atoms with Gasteiger partial charge in [-0.25, -0.2) is 9.97 Å². The van der Waals surface area contributed by atoms with E-state index in [2.05, 4.69) is 9.97 Å². The molecule has 1 heterocycles. The molecule has 0 aliphatic heterocycles. The molecule has 0 bridgehead atoms. The number of benzene rings is 1. The molecule has 1 aromatic heterocycles. The van der Waals surface area contributed by atoms with Gasteiger partial charge in [0.25, 0.3) is 0 Å². The first-order valence-electron chi connectivity index (χ1n) is 4.93. The van der Waals surface area contributed by atoms with Crippen LogP contribution in [0, 0.1) is 0 Å². The zero-order valence-electron chi connectivity index (χ0n) is 9.16. The molecule has 5 heteroatoms. The molecule has 2 rings (SSSR count). The van der Waals surface area contributed by atoms with Gasteiger partial charge in [0.15, 0.2) is 5.16 Å². The molecule has 0 radical (unpaired) electrons. The van der Waals surface area contributed by atoms with Gasteiger partial charge in [0, 0.05) is 18.0 Å². The van der Waals surface area contributed by atoms with Crippen molar-refractivity contribution in [1.82, 2.24) is 9.97 Å². The topological polar surface area (TPSA) is 52.1 Å². The number of carbonyl (C=O) groups is 1. The molecule has 0 aliphatic carbocycles. The van der Waals surface area contributed by atoms with Gasteiger partial charge in [-0.05, 0) is 42.1 Å². The van der Waals surface area contributed by atoms with Crippen LogP contribution in [0.5, 0.6) is 5.75 Å². The molecule has 2 aromatic rings. The normalized spacial score (nSPS) is 9.94. The van der Waals surface area contributed by atoms with E-state index in [1.807, 2.05) is 0 Å². The Morgan fingerprint density at radius 2 is 1.82 bits per heavy atom. The van der Waals surface area contributed by atoms with Crippen molar-refractivity contribution in [1.29, 1.82) is 0 Å². The summed E-state index contributed by atoms with van der Waals surface area (Å²) in [4.78, 5) is 19.8. The minimum absolute atomic E-state index is 0.0844. The van der Waals surface area contributed by atoms with E-state index in [0.29, 0.717) is 10.7 Å². The van der Waals surface area contributed by atoms with Crippen molar-refractivity contribution in [2.24, 2.45) is 0 Å². The minimum atomic E-state index is -0.0844. The summed E-state index contributed by atoms with van der Waals surface area (Å²) in [6, 6.07) is 8.65. The largest absolute Gasteiger partial charge is 0.497 e. The van der Waals surface area contributed by atoms with Gasteiger partial charge in [-0.3, -0.25) is 4.79 Å². The Bertz CT molecular complexity index is 500. The Morgan fingerprint density at radius 1 is 1.18 bits per heavy atom. The number of carbonyl (C=O) groups excluding carboxylic acids is 1. The number of ether oxygens (including phenoxy) is 1. The van der Waals surface area contributed by atoms with Gasteiger partial charge in [-0.1, -0.05) is 0 Å². The fourth-order valence-electron chi connectivity index (χ4n) is 1.21. The van der Waals surface area contributed by atoms with Crippen LogP contribution in [0.25, 0.3) is 0 Å². The van der Waals surface area contributed by atoms with Crippen LogP contribution < -0.4 is 4.74 Å². The summed E-state index contributed by atoms with van der Waals surface area (Å²) in [6.07, 6.45) is 3.22. The third-order valence-electron chi connectivity index (χ3n) is 2.05. The number of hydrogen-bond acceptors (Lipinski definition) is 5. The van der Waals surface area contributed by atoms with Crippen molar-refractivity contribution in [3.63, 3.8) is 0 Å². The minimum Gasteiger partial charge on any atom is -0.497 e. The maximum atomic E-state index is 11.9. The lowest BCUT2D eigenvalue weighted by molar-refractivity contribution is 0.108. The molecule has 0 atom stereocenters. The monoisotopic (exact) mass is 246 g/mol. The summed E-state index contributed by atoms with van der Waals surface area (Å²) in [5.41, 5.74) is 0.600. The molecule has 17 heavy (non-hydrogen) atoms. The number of nitrogens with zero attached hydrogens (tertiary/aromatic N) is 2. The number of rotatable bonds is 3. The lowest BCUT2D eigenvalue weighted by Crippen LogP contribution is -1.95. The van der Waals surface area contributed by atoms with Crippen LogP contribution in [0.2, 0.25) is 0 Å². The van der Waals surface area contributed by atoms with E-state index in [4.69, 9.17) is 4.74 Å². The van der Waals surface area contributed by atoms with Crippen LogP contribution in [0.4, 0.5) is 0 Å². The predicted molar refractivity (Wildman–Crippen MR) is 65.2 cm³/mol. The van der Waals surface area contributed by atoms with E-state index >= 15 is 0 Å². The molecule has 0 amide bonds. The number of methoxy groups -OCH3 is 1. The van der Waals surface area contributed by atoms with Crippen LogP contribution in [-0.2, 0) is 0 Å². The summed E-state index contributed by atoms with van der Waals surface area (Å²) < 4.78 is 5.02. The van der Waals surface area contributed by atoms with Gasteiger partial charge < -0.3 is 4.74 Å². The average Bonchev–Trinajstić information content (AvgIpc) is 2.40. The van der Waals surface area contributed by atoms with Gasteiger partial charge in [0.05, 0.1) is 7.11 Å². The van der Waals surface area contributed by atoms with E-state index in [9.17, 15) is 4.79 Å². The van der Waals surface area contributed by atoms with Crippen LogP contribution in [0.1, 0.15) is 10.4 Å². The first-order valence-corrected chi connectivity index (χ1v) is 5.74. The Morgan fingerprint density at radius 3 is 2.41 bits per heavy atom. The lowest BCUT2D eigenvalue weighted by Gasteiger charge is -2.01. The second-order valence-corrected chi connectivity index (χ2v) is 4.09. The summed E-state index contributed by atoms with van der Waals surface area (Å²) in [7, 11) is 1.59. The number of thioether (sulfide) groups is 1. The van der Waals surface area contributed by atoms with Crippen molar-refractivity contribution in [2.45, 2.75) is 5.16 Å². The Balaban J connectivity index is 2.09. The fourth-order valence-corrected chi connectivity index (χ4v) is 1.85. The van der Waals surface area contributed by atoms with Gasteiger partial charge in [-0.15, -0.1) is 0 Å². The zero-order chi connectivity index (χ0) is 12.1. The van der Waals surface area contributed by atoms with Crippen molar-refractivity contribution in [2.75, 3.05) is 7.11 Å². The molecule has 1 aromatic carbocycles. The van der Waals surface area contributed by atoms with Gasteiger partial charge >= 0.3 is 0 Å². The average molecular weight is 246 g/mol. The molecule has 0 saturated carbocycles. The number of hydrogen-bond donors (Lipinski definition) is 0. The predicted octanol–water partition coefficient (Wildman–Crippen LogP) is 2.42. The van der Waals surface area contributed by atoms with Gasteiger partial charge in [0.1, 0.15) is 5.75 Å². The summed E-state index contributed by atoms with van der Waals surface area (Å²) in [5, 5.41) is 0.368. The van der Waals surface area contributed by atoms with Crippen molar-refractivity contribution in [3.05, 3.63) is 48.3 Å². The van der Waals surface area contributed by atoms with Gasteiger partial charge in [-0.2, -0.15) is 0 Å². The summed E-state index contributed by atoms with van der Waals surface area (Å²) in [5.74, 6) is 0.725. The highest BCUT2D eigenvalue weighted by Gasteiger charge is 2.09. The van der Waals surface area contributed by atoms with Crippen LogP contribution in [-0.4, -0.2) is 22.2 Å². The molecule has 0 fully saturated rings. The SMILES string of the molecule is COc1ccc(C(=O)Sc2ncccn2)cc1. The van der Waals surface area contributed by atoms with E-state index < -0.39 is 0 Å². The molecule has 0 saturated heterocycles. The first-order chi connectivity index (χ1) is 8.29. The summed E-state index contributed by atoms with van der Waals surface area (Å²) >= 11 is 1.01. The molecular formula is C12H10N2O2S. The Labute approximate surface area is 103 Å². The third kappa shape index (κ3) is 3.04. The maximum Gasteiger partial charge on any atom is 0.227 e. The van der Waals surface area contributed by atoms with E-state index in [1.54, 1.807) is 49.8 Å². The van der Waals surface area contributed by atoms with Crippen LogP contribution in [0.15, 0.2) is 47.9 Å². The van der Waals surface area contributed by atoms with E-state index in [1.165, 1.54) is 0 Å². The van der Waals surface area contributed by atoms with E-state index in [0.717, 1.165) is 17.5 Å². The van der Waals surface area contributed by atoms with Crippen molar-refractivity contribution >= 4 is 16.9 Å². The molecule has 0 unspecified atom stereocenters. The second kappa shape index (κ2) is 5.45. The van der Waals surface area contributed by atoms with Crippen LogP contribution >= 0.6 is 11.8 Å². The van der Waals surface area contributed by atoms with Crippen molar-refractivity contribution < 1.29 is 9.53 Å².